The first kappa shape index (κ1) is 10.7. The third-order valence-corrected chi connectivity index (χ3v) is 4.86. The maximum absolute atomic E-state index is 4.42. The van der Waals surface area contributed by atoms with Crippen LogP contribution >= 0.6 is 11.8 Å². The smallest absolute Gasteiger partial charge is 0.121 e. The Morgan fingerprint density at radius 2 is 2.25 bits per heavy atom. The highest BCUT2D eigenvalue weighted by Crippen LogP contribution is 2.37. The van der Waals surface area contributed by atoms with Crippen molar-refractivity contribution in [1.82, 2.24) is 15.1 Å². The molecule has 2 atom stereocenters. The maximum atomic E-state index is 4.42. The number of nitrogens with zero attached hydrogens (tertiary/aromatic N) is 2. The van der Waals surface area contributed by atoms with Crippen molar-refractivity contribution in [3.63, 3.8) is 0 Å². The van der Waals surface area contributed by atoms with Crippen LogP contribution in [0, 0.1) is 11.8 Å². The van der Waals surface area contributed by atoms with E-state index in [1.54, 1.807) is 11.8 Å². The molecule has 0 aromatic carbocycles. The summed E-state index contributed by atoms with van der Waals surface area (Å²) >= 11 is 1.77. The average molecular weight is 237 g/mol. The fourth-order valence-corrected chi connectivity index (χ4v) is 3.81. The molecule has 1 fully saturated rings. The van der Waals surface area contributed by atoms with Crippen LogP contribution in [0.25, 0.3) is 0 Å². The van der Waals surface area contributed by atoms with Crippen LogP contribution < -0.4 is 0 Å². The van der Waals surface area contributed by atoms with Gasteiger partial charge in [0, 0.05) is 17.8 Å². The number of H-pyrrole nitrogens is 1. The molecule has 0 saturated carbocycles. The van der Waals surface area contributed by atoms with E-state index in [1.807, 2.05) is 0 Å². The molecule has 1 N–H and O–H groups in total. The lowest BCUT2D eigenvalue weighted by Gasteiger charge is -2.39. The lowest BCUT2D eigenvalue weighted by Crippen LogP contribution is -2.41. The summed E-state index contributed by atoms with van der Waals surface area (Å²) in [4.78, 5) is 2.48. The van der Waals surface area contributed by atoms with Crippen molar-refractivity contribution >= 4 is 11.8 Å². The summed E-state index contributed by atoms with van der Waals surface area (Å²) in [7, 11) is 2.25. The number of aromatic amines is 1. The van der Waals surface area contributed by atoms with Gasteiger partial charge in [-0.25, -0.2) is 0 Å². The highest BCUT2D eigenvalue weighted by atomic mass is 32.2. The van der Waals surface area contributed by atoms with Gasteiger partial charge in [0.15, 0.2) is 0 Å². The maximum Gasteiger partial charge on any atom is 0.121 e. The average Bonchev–Trinajstić information content (AvgIpc) is 2.68. The quantitative estimate of drug-likeness (QED) is 0.756. The highest BCUT2D eigenvalue weighted by Gasteiger charge is 2.34. The summed E-state index contributed by atoms with van der Waals surface area (Å²) < 4.78 is 0. The molecular formula is C12H19N3S. The van der Waals surface area contributed by atoms with Crippen LogP contribution in [0.4, 0.5) is 0 Å². The molecule has 3 nitrogen and oxygen atoms in total. The number of rotatable bonds is 1. The van der Waals surface area contributed by atoms with Crippen LogP contribution in [0.15, 0.2) is 5.03 Å². The number of nitrogens with one attached hydrogen (secondary N) is 1. The second-order valence-electron chi connectivity index (χ2n) is 5.17. The molecule has 1 saturated heterocycles. The summed E-state index contributed by atoms with van der Waals surface area (Å²) in [5.41, 5.74) is 2.92. The lowest BCUT2D eigenvalue weighted by atomic mass is 9.74. The number of aromatic nitrogens is 2. The Balaban J connectivity index is 1.87. The first-order valence-corrected chi connectivity index (χ1v) is 7.29. The van der Waals surface area contributed by atoms with E-state index in [2.05, 4.69) is 28.4 Å². The third kappa shape index (κ3) is 1.68. The van der Waals surface area contributed by atoms with Gasteiger partial charge in [-0.3, -0.25) is 5.10 Å². The van der Waals surface area contributed by atoms with Crippen molar-refractivity contribution in [2.75, 3.05) is 26.4 Å². The second-order valence-corrected chi connectivity index (χ2v) is 5.96. The molecule has 88 valence electrons. The van der Waals surface area contributed by atoms with Crippen molar-refractivity contribution in [3.8, 4) is 0 Å². The number of fused-ring (bicyclic) bond motifs is 2. The van der Waals surface area contributed by atoms with Crippen LogP contribution in [0.3, 0.4) is 0 Å². The Hall–Kier alpha value is -0.480. The topological polar surface area (TPSA) is 31.9 Å². The number of hydrogen-bond donors (Lipinski definition) is 1. The van der Waals surface area contributed by atoms with E-state index in [-0.39, 0.29) is 0 Å². The molecule has 2 heterocycles. The Morgan fingerprint density at radius 1 is 1.38 bits per heavy atom. The fraction of sp³-hybridized carbons (Fsp3) is 0.750. The van der Waals surface area contributed by atoms with E-state index < -0.39 is 0 Å². The first-order chi connectivity index (χ1) is 7.78. The summed E-state index contributed by atoms with van der Waals surface area (Å²) in [5.74, 6) is 1.74. The van der Waals surface area contributed by atoms with Gasteiger partial charge in [0.25, 0.3) is 0 Å². The minimum atomic E-state index is 0.856. The van der Waals surface area contributed by atoms with Crippen LogP contribution in [-0.4, -0.2) is 41.5 Å². The largest absolute Gasteiger partial charge is 0.306 e. The number of piperidine rings is 1. The first-order valence-electron chi connectivity index (χ1n) is 6.06. The van der Waals surface area contributed by atoms with Crippen molar-refractivity contribution in [3.05, 3.63) is 11.3 Å². The Labute approximate surface area is 101 Å². The molecule has 16 heavy (non-hydrogen) atoms. The van der Waals surface area contributed by atoms with Gasteiger partial charge in [-0.2, -0.15) is 5.10 Å². The molecule has 0 unspecified atom stereocenters. The molecule has 1 aliphatic heterocycles. The van der Waals surface area contributed by atoms with Crippen molar-refractivity contribution < 1.29 is 0 Å². The molecule has 3 rings (SSSR count). The van der Waals surface area contributed by atoms with E-state index in [4.69, 9.17) is 0 Å². The van der Waals surface area contributed by atoms with Gasteiger partial charge < -0.3 is 4.90 Å². The van der Waals surface area contributed by atoms with E-state index in [0.717, 1.165) is 11.8 Å². The van der Waals surface area contributed by atoms with Gasteiger partial charge in [0.05, 0.1) is 0 Å². The number of thioether (sulfide) groups is 1. The molecule has 0 radical (unpaired) electrons. The summed E-state index contributed by atoms with van der Waals surface area (Å²) in [5, 5.41) is 8.88. The van der Waals surface area contributed by atoms with E-state index in [9.17, 15) is 0 Å². The zero-order valence-corrected chi connectivity index (χ0v) is 10.8. The van der Waals surface area contributed by atoms with E-state index >= 15 is 0 Å². The Kier molecular flexibility index (Phi) is 2.72. The predicted molar refractivity (Wildman–Crippen MR) is 66.9 cm³/mol. The Morgan fingerprint density at radius 3 is 3.06 bits per heavy atom. The van der Waals surface area contributed by atoms with Gasteiger partial charge in [-0.15, -0.1) is 11.8 Å². The van der Waals surface area contributed by atoms with Gasteiger partial charge in [-0.05, 0) is 50.9 Å². The minimum Gasteiger partial charge on any atom is -0.306 e. The fourth-order valence-electron chi connectivity index (χ4n) is 3.22. The zero-order chi connectivity index (χ0) is 11.1. The molecule has 1 aromatic rings. The third-order valence-electron chi connectivity index (χ3n) is 4.14. The monoisotopic (exact) mass is 237 g/mol. The van der Waals surface area contributed by atoms with Crippen LogP contribution in [0.5, 0.6) is 0 Å². The molecule has 0 spiro atoms. The molecule has 4 heteroatoms. The number of hydrogen-bond acceptors (Lipinski definition) is 3. The SMILES string of the molecule is CSc1n[nH]c2c1C[C@@H]1CN(C)CC[C@H]1C2. The number of likely N-dealkylation sites (tertiary alicyclic amines) is 1. The summed E-state index contributed by atoms with van der Waals surface area (Å²) in [6.07, 6.45) is 5.93. The molecular weight excluding hydrogens is 218 g/mol. The van der Waals surface area contributed by atoms with Gasteiger partial charge in [0.2, 0.25) is 0 Å². The van der Waals surface area contributed by atoms with Gasteiger partial charge >= 0.3 is 0 Å². The normalized spacial score (nSPS) is 29.9. The van der Waals surface area contributed by atoms with Crippen molar-refractivity contribution in [2.24, 2.45) is 11.8 Å². The molecule has 1 aromatic heterocycles. The lowest BCUT2D eigenvalue weighted by molar-refractivity contribution is 0.133. The van der Waals surface area contributed by atoms with Gasteiger partial charge in [-0.1, -0.05) is 0 Å². The highest BCUT2D eigenvalue weighted by molar-refractivity contribution is 7.98. The van der Waals surface area contributed by atoms with E-state index in [1.165, 1.54) is 48.6 Å². The molecule has 0 bridgehead atoms. The van der Waals surface area contributed by atoms with Crippen molar-refractivity contribution in [2.45, 2.75) is 24.3 Å². The standard InChI is InChI=1S/C12H19N3S/c1-15-4-3-8-6-11-10(5-9(8)7-15)12(16-2)14-13-11/h8-9H,3-7H2,1-2H3,(H,13,14)/t8-,9+/m0/s1. The van der Waals surface area contributed by atoms with Crippen LogP contribution in [0.1, 0.15) is 17.7 Å². The van der Waals surface area contributed by atoms with Crippen LogP contribution in [0.2, 0.25) is 0 Å². The van der Waals surface area contributed by atoms with E-state index in [0.29, 0.717) is 0 Å². The summed E-state index contributed by atoms with van der Waals surface area (Å²) in [6, 6.07) is 0. The predicted octanol–water partition coefficient (Wildman–Crippen LogP) is 1.80. The van der Waals surface area contributed by atoms with Gasteiger partial charge in [0.1, 0.15) is 5.03 Å². The molecule has 0 amide bonds. The molecule has 1 aliphatic carbocycles. The Bertz CT molecular complexity index is 388. The van der Waals surface area contributed by atoms with Crippen molar-refractivity contribution in [1.29, 1.82) is 0 Å². The molecule has 2 aliphatic rings. The zero-order valence-electron chi connectivity index (χ0n) is 9.99. The van der Waals surface area contributed by atoms with Crippen LogP contribution in [-0.2, 0) is 12.8 Å². The summed E-state index contributed by atoms with van der Waals surface area (Å²) in [6.45, 7) is 2.53. The minimum absolute atomic E-state index is 0.856. The second kappa shape index (κ2) is 4.08.